The van der Waals surface area contributed by atoms with Gasteiger partial charge in [0.1, 0.15) is 5.82 Å². The zero-order valence-electron chi connectivity index (χ0n) is 11.3. The molecule has 1 aromatic rings. The summed E-state index contributed by atoms with van der Waals surface area (Å²) >= 11 is 0. The lowest BCUT2D eigenvalue weighted by Crippen LogP contribution is -2.30. The van der Waals surface area contributed by atoms with Crippen LogP contribution in [-0.2, 0) is 0 Å². The first kappa shape index (κ1) is 14.0. The van der Waals surface area contributed by atoms with Crippen molar-refractivity contribution in [3.8, 4) is 0 Å². The van der Waals surface area contributed by atoms with E-state index < -0.39 is 6.10 Å². The molecule has 96 valence electrons. The van der Waals surface area contributed by atoms with Crippen molar-refractivity contribution in [2.75, 3.05) is 18.5 Å². The zero-order chi connectivity index (χ0) is 13.2. The molecule has 0 radical (unpaired) electrons. The minimum absolute atomic E-state index is 0.0764. The molecule has 0 saturated heterocycles. The highest BCUT2D eigenvalue weighted by atomic mass is 19.1. The van der Waals surface area contributed by atoms with E-state index in [0.717, 1.165) is 6.54 Å². The quantitative estimate of drug-likeness (QED) is 0.874. The topological polar surface area (TPSA) is 23.5 Å². The van der Waals surface area contributed by atoms with Crippen molar-refractivity contribution in [1.29, 1.82) is 0 Å². The van der Waals surface area contributed by atoms with Crippen LogP contribution in [-0.4, -0.2) is 18.7 Å². The largest absolute Gasteiger partial charge is 0.389 e. The summed E-state index contributed by atoms with van der Waals surface area (Å²) in [7, 11) is 1.86. The normalized spacial score (nSPS) is 13.6. The summed E-state index contributed by atoms with van der Waals surface area (Å²) in [5.74, 6) is -0.282. The number of halogens is 1. The second-order valence-electron chi connectivity index (χ2n) is 5.77. The highest BCUT2D eigenvalue weighted by Gasteiger charge is 2.20. The lowest BCUT2D eigenvalue weighted by molar-refractivity contribution is 0.199. The Hall–Kier alpha value is -1.09. The summed E-state index contributed by atoms with van der Waals surface area (Å²) < 4.78 is 13.9. The minimum Gasteiger partial charge on any atom is -0.389 e. The van der Waals surface area contributed by atoms with Gasteiger partial charge >= 0.3 is 0 Å². The van der Waals surface area contributed by atoms with Gasteiger partial charge in [0.15, 0.2) is 0 Å². The Morgan fingerprint density at radius 3 is 2.41 bits per heavy atom. The van der Waals surface area contributed by atoms with E-state index in [1.54, 1.807) is 19.1 Å². The summed E-state index contributed by atoms with van der Waals surface area (Å²) in [6.07, 6.45) is -0.664. The van der Waals surface area contributed by atoms with E-state index in [4.69, 9.17) is 0 Å². The van der Waals surface area contributed by atoms with Gasteiger partial charge in [0.25, 0.3) is 0 Å². The lowest BCUT2D eigenvalue weighted by atomic mass is 9.95. The molecule has 0 amide bonds. The molecule has 0 aromatic heterocycles. The van der Waals surface area contributed by atoms with Crippen LogP contribution in [0.5, 0.6) is 0 Å². The van der Waals surface area contributed by atoms with Gasteiger partial charge < -0.3 is 10.0 Å². The van der Waals surface area contributed by atoms with Crippen molar-refractivity contribution < 1.29 is 9.50 Å². The molecule has 17 heavy (non-hydrogen) atoms. The maximum atomic E-state index is 13.9. The van der Waals surface area contributed by atoms with Crippen LogP contribution in [0.2, 0.25) is 0 Å². The Labute approximate surface area is 103 Å². The number of nitrogens with zero attached hydrogens (tertiary/aromatic N) is 1. The van der Waals surface area contributed by atoms with Crippen LogP contribution in [0, 0.1) is 11.2 Å². The van der Waals surface area contributed by atoms with E-state index in [1.165, 1.54) is 6.07 Å². The number of aliphatic hydroxyl groups excluding tert-OH is 1. The third kappa shape index (κ3) is 3.70. The first-order valence-corrected chi connectivity index (χ1v) is 5.90. The molecule has 0 unspecified atom stereocenters. The molecule has 0 aliphatic carbocycles. The van der Waals surface area contributed by atoms with Gasteiger partial charge in [0.05, 0.1) is 11.8 Å². The van der Waals surface area contributed by atoms with E-state index in [9.17, 15) is 9.50 Å². The van der Waals surface area contributed by atoms with Gasteiger partial charge in [0.2, 0.25) is 0 Å². The van der Waals surface area contributed by atoms with Gasteiger partial charge in [-0.2, -0.15) is 0 Å². The van der Waals surface area contributed by atoms with E-state index >= 15 is 0 Å². The van der Waals surface area contributed by atoms with Gasteiger partial charge in [-0.05, 0) is 18.4 Å². The Morgan fingerprint density at radius 1 is 1.35 bits per heavy atom. The van der Waals surface area contributed by atoms with Crippen molar-refractivity contribution in [3.05, 3.63) is 29.6 Å². The monoisotopic (exact) mass is 239 g/mol. The summed E-state index contributed by atoms with van der Waals surface area (Å²) in [5, 5.41) is 9.68. The maximum absolute atomic E-state index is 13.9. The van der Waals surface area contributed by atoms with Crippen LogP contribution in [0.15, 0.2) is 18.2 Å². The summed E-state index contributed by atoms with van der Waals surface area (Å²) in [4.78, 5) is 1.87. The molecule has 0 aliphatic heterocycles. The third-order valence-corrected chi connectivity index (χ3v) is 2.56. The van der Waals surface area contributed by atoms with Gasteiger partial charge in [-0.3, -0.25) is 0 Å². The molecule has 1 aromatic carbocycles. The molecule has 0 spiro atoms. The molecule has 0 aliphatic rings. The van der Waals surface area contributed by atoms with Crippen molar-refractivity contribution in [1.82, 2.24) is 0 Å². The molecule has 0 saturated carbocycles. The molecule has 1 atom stereocenters. The Bertz CT molecular complexity index is 382. The van der Waals surface area contributed by atoms with Gasteiger partial charge in [-0.25, -0.2) is 4.39 Å². The minimum atomic E-state index is -0.664. The van der Waals surface area contributed by atoms with Crippen LogP contribution >= 0.6 is 0 Å². The molecule has 2 nitrogen and oxygen atoms in total. The second-order valence-corrected chi connectivity index (χ2v) is 5.77. The number of aliphatic hydroxyl groups is 1. The van der Waals surface area contributed by atoms with Crippen molar-refractivity contribution in [2.45, 2.75) is 33.8 Å². The second kappa shape index (κ2) is 5.05. The van der Waals surface area contributed by atoms with Gasteiger partial charge in [-0.15, -0.1) is 0 Å². The van der Waals surface area contributed by atoms with Crippen molar-refractivity contribution in [3.63, 3.8) is 0 Å². The Morgan fingerprint density at radius 2 is 1.94 bits per heavy atom. The predicted molar refractivity (Wildman–Crippen MR) is 69.8 cm³/mol. The van der Waals surface area contributed by atoms with Crippen molar-refractivity contribution >= 4 is 5.69 Å². The van der Waals surface area contributed by atoms with E-state index in [1.807, 2.05) is 11.9 Å². The van der Waals surface area contributed by atoms with Crippen LogP contribution < -0.4 is 4.90 Å². The Balaban J connectivity index is 3.11. The van der Waals surface area contributed by atoms with Crippen LogP contribution in [0.4, 0.5) is 10.1 Å². The average molecular weight is 239 g/mol. The highest BCUT2D eigenvalue weighted by Crippen LogP contribution is 2.30. The lowest BCUT2D eigenvalue weighted by Gasteiger charge is -2.30. The average Bonchev–Trinajstić information content (AvgIpc) is 2.13. The summed E-state index contributed by atoms with van der Waals surface area (Å²) in [5.41, 5.74) is 1.21. The van der Waals surface area contributed by atoms with E-state index in [0.29, 0.717) is 11.3 Å². The number of hydrogen-bond acceptors (Lipinski definition) is 2. The number of hydrogen-bond donors (Lipinski definition) is 1. The number of para-hydroxylation sites is 1. The molecule has 0 heterocycles. The SMILES string of the molecule is C[C@@H](O)c1cccc(F)c1N(C)CC(C)(C)C. The van der Waals surface area contributed by atoms with Crippen LogP contribution in [0.3, 0.4) is 0 Å². The van der Waals surface area contributed by atoms with Crippen LogP contribution in [0.1, 0.15) is 39.4 Å². The molecule has 1 N–H and O–H groups in total. The molecular formula is C14H22FNO. The molecule has 1 rings (SSSR count). The molecule has 0 bridgehead atoms. The standard InChI is InChI=1S/C14H22FNO/c1-10(17)11-7-6-8-12(15)13(11)16(5)9-14(2,3)4/h6-8,10,17H,9H2,1-5H3/t10-/m1/s1. The zero-order valence-corrected chi connectivity index (χ0v) is 11.3. The van der Waals surface area contributed by atoms with Crippen LogP contribution in [0.25, 0.3) is 0 Å². The number of benzene rings is 1. The fraction of sp³-hybridized carbons (Fsp3) is 0.571. The van der Waals surface area contributed by atoms with E-state index in [-0.39, 0.29) is 11.2 Å². The molecular weight excluding hydrogens is 217 g/mol. The summed E-state index contributed by atoms with van der Waals surface area (Å²) in [6.45, 7) is 8.70. The highest BCUT2D eigenvalue weighted by molar-refractivity contribution is 5.55. The Kier molecular flexibility index (Phi) is 4.15. The maximum Gasteiger partial charge on any atom is 0.146 e. The number of rotatable bonds is 3. The third-order valence-electron chi connectivity index (χ3n) is 2.56. The summed E-state index contributed by atoms with van der Waals surface area (Å²) in [6, 6.07) is 4.83. The predicted octanol–water partition coefficient (Wildman–Crippen LogP) is 3.36. The number of anilines is 1. The van der Waals surface area contributed by atoms with Gasteiger partial charge in [0, 0.05) is 19.2 Å². The van der Waals surface area contributed by atoms with Crippen molar-refractivity contribution in [2.24, 2.45) is 5.41 Å². The molecule has 0 fully saturated rings. The van der Waals surface area contributed by atoms with Gasteiger partial charge in [-0.1, -0.05) is 32.9 Å². The first-order chi connectivity index (χ1) is 7.72. The smallest absolute Gasteiger partial charge is 0.146 e. The van der Waals surface area contributed by atoms with E-state index in [2.05, 4.69) is 20.8 Å². The fourth-order valence-corrected chi connectivity index (χ4v) is 2.06. The first-order valence-electron chi connectivity index (χ1n) is 5.90. The molecule has 3 heteroatoms. The fourth-order valence-electron chi connectivity index (χ4n) is 2.06.